The summed E-state index contributed by atoms with van der Waals surface area (Å²) in [6.07, 6.45) is 7.93. The van der Waals surface area contributed by atoms with E-state index < -0.39 is 5.97 Å². The van der Waals surface area contributed by atoms with Gasteiger partial charge in [-0.1, -0.05) is 12.2 Å². The Morgan fingerprint density at radius 3 is 2.33 bits per heavy atom. The minimum Gasteiger partial charge on any atom is -0.476 e. The number of imidazole rings is 1. The van der Waals surface area contributed by atoms with E-state index in [2.05, 4.69) is 4.98 Å². The van der Waals surface area contributed by atoms with Crippen molar-refractivity contribution in [3.63, 3.8) is 0 Å². The van der Waals surface area contributed by atoms with Crippen LogP contribution in [0.5, 0.6) is 0 Å². The number of carbonyl (C=O) groups excluding carboxylic acids is 2. The molecule has 2 atom stereocenters. The van der Waals surface area contributed by atoms with E-state index in [0.717, 1.165) is 0 Å². The van der Waals surface area contributed by atoms with Crippen LogP contribution < -0.4 is 0 Å². The monoisotopic (exact) mass is 289 g/mol. The Labute approximate surface area is 120 Å². The van der Waals surface area contributed by atoms with Crippen LogP contribution in [0.4, 0.5) is 0 Å². The Bertz CT molecular complexity index is 608. The first kappa shape index (κ1) is 13.5. The normalized spacial score (nSPS) is 24.5. The Balaban J connectivity index is 1.66. The highest BCUT2D eigenvalue weighted by molar-refractivity contribution is 6.05. The number of nitrogens with zero attached hydrogens (tertiary/aromatic N) is 3. The highest BCUT2D eigenvalue weighted by Crippen LogP contribution is 2.34. The molecule has 7 heteroatoms. The largest absolute Gasteiger partial charge is 0.476 e. The third-order valence-corrected chi connectivity index (χ3v) is 4.03. The summed E-state index contributed by atoms with van der Waals surface area (Å²) in [4.78, 5) is 40.3. The predicted octanol–water partition coefficient (Wildman–Crippen LogP) is 0.532. The summed E-state index contributed by atoms with van der Waals surface area (Å²) in [5.74, 6) is -1.78. The number of imide groups is 1. The average molecular weight is 289 g/mol. The number of fused-ring (bicyclic) bond motifs is 1. The van der Waals surface area contributed by atoms with Crippen LogP contribution in [0.1, 0.15) is 23.3 Å². The highest BCUT2D eigenvalue weighted by atomic mass is 16.4. The average Bonchev–Trinajstić information content (AvgIpc) is 3.03. The van der Waals surface area contributed by atoms with E-state index in [1.54, 1.807) is 4.57 Å². The molecule has 1 aliphatic carbocycles. The maximum absolute atomic E-state index is 12.2. The third kappa shape index (κ3) is 2.35. The van der Waals surface area contributed by atoms with Crippen molar-refractivity contribution in [1.82, 2.24) is 14.5 Å². The van der Waals surface area contributed by atoms with Gasteiger partial charge in [0.2, 0.25) is 11.8 Å². The number of aromatic carboxylic acids is 1. The minimum absolute atomic E-state index is 0.0491. The zero-order valence-electron chi connectivity index (χ0n) is 11.3. The second-order valence-corrected chi connectivity index (χ2v) is 5.29. The van der Waals surface area contributed by atoms with Crippen molar-refractivity contribution < 1.29 is 19.5 Å². The first-order chi connectivity index (χ1) is 10.1. The molecule has 1 saturated heterocycles. The molecule has 0 bridgehead atoms. The van der Waals surface area contributed by atoms with Gasteiger partial charge in [-0.3, -0.25) is 14.5 Å². The molecule has 21 heavy (non-hydrogen) atoms. The fourth-order valence-electron chi connectivity index (χ4n) is 2.90. The maximum Gasteiger partial charge on any atom is 0.356 e. The molecule has 7 nitrogen and oxygen atoms in total. The lowest BCUT2D eigenvalue weighted by Crippen LogP contribution is -2.33. The molecule has 0 aromatic carbocycles. The van der Waals surface area contributed by atoms with Gasteiger partial charge in [-0.2, -0.15) is 0 Å². The van der Waals surface area contributed by atoms with Gasteiger partial charge >= 0.3 is 5.97 Å². The van der Waals surface area contributed by atoms with Gasteiger partial charge in [0.15, 0.2) is 5.69 Å². The standard InChI is InChI=1S/C14H15N3O4/c18-12-9-3-1-2-4-10(9)13(19)17(12)6-5-16-7-11(14(20)21)15-8-16/h1-2,7-10H,3-6H2,(H,20,21). The molecule has 0 saturated carbocycles. The Hall–Kier alpha value is -2.44. The zero-order chi connectivity index (χ0) is 15.0. The van der Waals surface area contributed by atoms with E-state index in [1.807, 2.05) is 12.2 Å². The van der Waals surface area contributed by atoms with Crippen LogP contribution in [0.3, 0.4) is 0 Å². The smallest absolute Gasteiger partial charge is 0.356 e. The minimum atomic E-state index is -1.10. The van der Waals surface area contributed by atoms with Gasteiger partial charge in [-0.05, 0) is 12.8 Å². The molecule has 1 aliphatic heterocycles. The van der Waals surface area contributed by atoms with E-state index in [9.17, 15) is 14.4 Å². The maximum atomic E-state index is 12.2. The van der Waals surface area contributed by atoms with Crippen LogP contribution >= 0.6 is 0 Å². The van der Waals surface area contributed by atoms with Crippen LogP contribution in [0, 0.1) is 11.8 Å². The van der Waals surface area contributed by atoms with Gasteiger partial charge in [0, 0.05) is 19.3 Å². The van der Waals surface area contributed by atoms with E-state index >= 15 is 0 Å². The molecule has 110 valence electrons. The van der Waals surface area contributed by atoms with Crippen molar-refractivity contribution in [3.05, 3.63) is 30.4 Å². The van der Waals surface area contributed by atoms with E-state index in [4.69, 9.17) is 5.11 Å². The van der Waals surface area contributed by atoms with Crippen LogP contribution in [0.25, 0.3) is 0 Å². The summed E-state index contributed by atoms with van der Waals surface area (Å²) in [5, 5.41) is 8.80. The van der Waals surface area contributed by atoms with Crippen molar-refractivity contribution in [2.45, 2.75) is 19.4 Å². The van der Waals surface area contributed by atoms with Crippen molar-refractivity contribution in [2.24, 2.45) is 11.8 Å². The molecular weight excluding hydrogens is 274 g/mol. The molecular formula is C14H15N3O4. The molecule has 1 fully saturated rings. The molecule has 3 rings (SSSR count). The topological polar surface area (TPSA) is 92.5 Å². The number of aromatic nitrogens is 2. The molecule has 2 unspecified atom stereocenters. The Morgan fingerprint density at radius 1 is 1.19 bits per heavy atom. The Kier molecular flexibility index (Phi) is 3.32. The van der Waals surface area contributed by atoms with Gasteiger partial charge < -0.3 is 9.67 Å². The Morgan fingerprint density at radius 2 is 1.81 bits per heavy atom. The number of rotatable bonds is 4. The van der Waals surface area contributed by atoms with Gasteiger partial charge in [0.25, 0.3) is 0 Å². The molecule has 1 N–H and O–H groups in total. The van der Waals surface area contributed by atoms with Crippen molar-refractivity contribution in [1.29, 1.82) is 0 Å². The molecule has 2 aliphatic rings. The van der Waals surface area contributed by atoms with E-state index in [1.165, 1.54) is 17.4 Å². The number of likely N-dealkylation sites (tertiary alicyclic amines) is 1. The number of allylic oxidation sites excluding steroid dienone is 2. The highest BCUT2D eigenvalue weighted by Gasteiger charge is 2.46. The van der Waals surface area contributed by atoms with Crippen LogP contribution in [-0.2, 0) is 16.1 Å². The number of hydrogen-bond acceptors (Lipinski definition) is 4. The lowest BCUT2D eigenvalue weighted by Gasteiger charge is -2.14. The number of hydrogen-bond donors (Lipinski definition) is 1. The summed E-state index contributed by atoms with van der Waals surface area (Å²) in [6.45, 7) is 0.602. The quantitative estimate of drug-likeness (QED) is 0.645. The summed E-state index contributed by atoms with van der Waals surface area (Å²) in [7, 11) is 0. The molecule has 0 radical (unpaired) electrons. The van der Waals surface area contributed by atoms with Crippen molar-refractivity contribution in [2.75, 3.05) is 6.54 Å². The first-order valence-corrected chi connectivity index (χ1v) is 6.83. The first-order valence-electron chi connectivity index (χ1n) is 6.83. The second kappa shape index (κ2) is 5.16. The van der Waals surface area contributed by atoms with E-state index in [-0.39, 0.29) is 35.9 Å². The van der Waals surface area contributed by atoms with Gasteiger partial charge in [0.05, 0.1) is 18.2 Å². The predicted molar refractivity (Wildman–Crippen MR) is 71.3 cm³/mol. The van der Waals surface area contributed by atoms with Crippen molar-refractivity contribution in [3.8, 4) is 0 Å². The van der Waals surface area contributed by atoms with Gasteiger partial charge in [-0.25, -0.2) is 9.78 Å². The van der Waals surface area contributed by atoms with Gasteiger partial charge in [-0.15, -0.1) is 0 Å². The summed E-state index contributed by atoms with van der Waals surface area (Å²) in [5.41, 5.74) is -0.0491. The number of carboxylic acids is 1. The molecule has 0 spiro atoms. The summed E-state index contributed by atoms with van der Waals surface area (Å²) >= 11 is 0. The molecule has 2 amide bonds. The third-order valence-electron chi connectivity index (χ3n) is 4.03. The van der Waals surface area contributed by atoms with Crippen LogP contribution in [0.15, 0.2) is 24.7 Å². The lowest BCUT2D eigenvalue weighted by atomic mass is 9.85. The van der Waals surface area contributed by atoms with Gasteiger partial charge in [0.1, 0.15) is 0 Å². The number of carbonyl (C=O) groups is 3. The fourth-order valence-corrected chi connectivity index (χ4v) is 2.90. The summed E-state index contributed by atoms with van der Waals surface area (Å²) in [6, 6.07) is 0. The zero-order valence-corrected chi connectivity index (χ0v) is 11.3. The number of carboxylic acid groups (broad SMARTS) is 1. The van der Waals surface area contributed by atoms with Crippen molar-refractivity contribution >= 4 is 17.8 Å². The SMILES string of the molecule is O=C(O)c1cn(CCN2C(=O)C3CC=CCC3C2=O)cn1. The molecule has 1 aromatic heterocycles. The number of amides is 2. The van der Waals surface area contributed by atoms with E-state index in [0.29, 0.717) is 19.4 Å². The van der Waals surface area contributed by atoms with Crippen LogP contribution in [0.2, 0.25) is 0 Å². The fraction of sp³-hybridized carbons (Fsp3) is 0.429. The van der Waals surface area contributed by atoms with Crippen LogP contribution in [-0.4, -0.2) is 43.9 Å². The molecule has 1 aromatic rings. The lowest BCUT2D eigenvalue weighted by molar-refractivity contribution is -0.140. The second-order valence-electron chi connectivity index (χ2n) is 5.29. The summed E-state index contributed by atoms with van der Waals surface area (Å²) < 4.78 is 1.57. The molecule has 2 heterocycles.